The summed E-state index contributed by atoms with van der Waals surface area (Å²) in [5, 5.41) is 0. The minimum atomic E-state index is -0.241. The van der Waals surface area contributed by atoms with Crippen LogP contribution in [0.2, 0.25) is 0 Å². The van der Waals surface area contributed by atoms with Gasteiger partial charge in [-0.1, -0.05) is 48.6 Å². The minimum Gasteiger partial charge on any atom is -0.373 e. The smallest absolute Gasteiger partial charge is 0.123 e. The van der Waals surface area contributed by atoms with E-state index >= 15 is 0 Å². The Kier molecular flexibility index (Phi) is 5.85. The Balaban J connectivity index is 1.67. The van der Waals surface area contributed by atoms with Crippen LogP contribution in [0, 0.1) is 11.6 Å². The molecule has 0 unspecified atom stereocenters. The topological polar surface area (TPSA) is 9.23 Å². The van der Waals surface area contributed by atoms with Gasteiger partial charge in [-0.25, -0.2) is 8.78 Å². The van der Waals surface area contributed by atoms with E-state index in [9.17, 15) is 8.78 Å². The zero-order valence-electron chi connectivity index (χ0n) is 11.5. The molecule has 0 aliphatic heterocycles. The number of ether oxygens (including phenoxy) is 1. The number of hydrogen-bond donors (Lipinski definition) is 0. The third kappa shape index (κ3) is 5.71. The molecule has 2 rings (SSSR count). The van der Waals surface area contributed by atoms with Crippen molar-refractivity contribution in [1.82, 2.24) is 0 Å². The van der Waals surface area contributed by atoms with Gasteiger partial charge in [-0.2, -0.15) is 0 Å². The van der Waals surface area contributed by atoms with Crippen LogP contribution in [-0.4, -0.2) is 13.2 Å². The molecule has 0 bridgehead atoms. The van der Waals surface area contributed by atoms with Crippen LogP contribution >= 0.6 is 0 Å². The largest absolute Gasteiger partial charge is 0.373 e. The molecule has 0 aliphatic rings. The van der Waals surface area contributed by atoms with Gasteiger partial charge in [0, 0.05) is 0 Å². The van der Waals surface area contributed by atoms with Gasteiger partial charge in [0.25, 0.3) is 0 Å². The van der Waals surface area contributed by atoms with E-state index < -0.39 is 0 Å². The SMILES string of the molecule is Fc1ccc(C=CCOCC=Cc2ccc(F)cc2)cc1. The second kappa shape index (κ2) is 8.12. The Morgan fingerprint density at radius 3 is 1.43 bits per heavy atom. The molecule has 1 nitrogen and oxygen atoms in total. The summed E-state index contributed by atoms with van der Waals surface area (Å²) in [6, 6.07) is 12.5. The Morgan fingerprint density at radius 1 is 0.667 bits per heavy atom. The first kappa shape index (κ1) is 15.1. The molecule has 0 aliphatic carbocycles. The molecule has 21 heavy (non-hydrogen) atoms. The molecule has 3 heteroatoms. The number of rotatable bonds is 6. The summed E-state index contributed by atoms with van der Waals surface area (Å²) in [5.41, 5.74) is 1.86. The zero-order valence-corrected chi connectivity index (χ0v) is 11.5. The molecule has 0 saturated carbocycles. The first-order chi connectivity index (χ1) is 10.2. The Labute approximate surface area is 123 Å². The monoisotopic (exact) mass is 286 g/mol. The van der Waals surface area contributed by atoms with Gasteiger partial charge in [-0.05, 0) is 35.4 Å². The normalized spacial score (nSPS) is 11.5. The van der Waals surface area contributed by atoms with Crippen LogP contribution in [0.1, 0.15) is 11.1 Å². The van der Waals surface area contributed by atoms with E-state index in [0.717, 1.165) is 11.1 Å². The van der Waals surface area contributed by atoms with E-state index in [0.29, 0.717) is 13.2 Å². The van der Waals surface area contributed by atoms with Crippen molar-refractivity contribution in [2.75, 3.05) is 13.2 Å². The van der Waals surface area contributed by atoms with Gasteiger partial charge < -0.3 is 4.74 Å². The molecule has 2 aromatic rings. The van der Waals surface area contributed by atoms with E-state index in [-0.39, 0.29) is 11.6 Å². The van der Waals surface area contributed by atoms with Crippen LogP contribution < -0.4 is 0 Å². The van der Waals surface area contributed by atoms with Crippen LogP contribution in [-0.2, 0) is 4.74 Å². The van der Waals surface area contributed by atoms with E-state index in [2.05, 4.69) is 0 Å². The molecule has 0 fully saturated rings. The Bertz CT molecular complexity index is 543. The van der Waals surface area contributed by atoms with Gasteiger partial charge in [-0.3, -0.25) is 0 Å². The molecular formula is C18H16F2O. The van der Waals surface area contributed by atoms with Crippen LogP contribution in [0.4, 0.5) is 8.78 Å². The molecular weight excluding hydrogens is 270 g/mol. The molecule has 0 heterocycles. The fraction of sp³-hybridized carbons (Fsp3) is 0.111. The maximum Gasteiger partial charge on any atom is 0.123 e. The summed E-state index contributed by atoms with van der Waals surface area (Å²) >= 11 is 0. The summed E-state index contributed by atoms with van der Waals surface area (Å²) in [5.74, 6) is -0.483. The minimum absolute atomic E-state index is 0.241. The van der Waals surface area contributed by atoms with Crippen LogP contribution in [0.3, 0.4) is 0 Å². The third-order valence-corrected chi connectivity index (χ3v) is 2.79. The lowest BCUT2D eigenvalue weighted by Crippen LogP contribution is -1.90. The molecule has 108 valence electrons. The van der Waals surface area contributed by atoms with E-state index in [1.807, 2.05) is 24.3 Å². The molecule has 0 atom stereocenters. The molecule has 0 spiro atoms. The lowest BCUT2D eigenvalue weighted by atomic mass is 10.2. The quantitative estimate of drug-likeness (QED) is 0.699. The van der Waals surface area contributed by atoms with Crippen molar-refractivity contribution in [3.8, 4) is 0 Å². The van der Waals surface area contributed by atoms with Crippen molar-refractivity contribution in [2.24, 2.45) is 0 Å². The second-order valence-electron chi connectivity index (χ2n) is 4.45. The van der Waals surface area contributed by atoms with Gasteiger partial charge in [0.1, 0.15) is 11.6 Å². The highest BCUT2D eigenvalue weighted by Crippen LogP contribution is 2.05. The highest BCUT2D eigenvalue weighted by molar-refractivity contribution is 5.49. The summed E-state index contributed by atoms with van der Waals surface area (Å²) in [4.78, 5) is 0. The van der Waals surface area contributed by atoms with Crippen molar-refractivity contribution >= 4 is 12.2 Å². The zero-order chi connectivity index (χ0) is 14.9. The Morgan fingerprint density at radius 2 is 1.05 bits per heavy atom. The second-order valence-corrected chi connectivity index (χ2v) is 4.45. The average molecular weight is 286 g/mol. The summed E-state index contributed by atoms with van der Waals surface area (Å²) < 4.78 is 30.8. The number of halogens is 2. The standard InChI is InChI=1S/C18H16F2O/c19-17-9-5-15(6-10-17)3-1-13-21-14-2-4-16-7-11-18(20)12-8-16/h1-12H,13-14H2. The predicted molar refractivity (Wildman–Crippen MR) is 81.7 cm³/mol. The summed E-state index contributed by atoms with van der Waals surface area (Å²) in [7, 11) is 0. The van der Waals surface area contributed by atoms with E-state index in [1.165, 1.54) is 24.3 Å². The lowest BCUT2D eigenvalue weighted by molar-refractivity contribution is 0.195. The van der Waals surface area contributed by atoms with Crippen LogP contribution in [0.25, 0.3) is 12.2 Å². The lowest BCUT2D eigenvalue weighted by Gasteiger charge is -1.97. The molecule has 0 N–H and O–H groups in total. The van der Waals surface area contributed by atoms with E-state index in [1.54, 1.807) is 24.3 Å². The maximum atomic E-state index is 12.7. The molecule has 0 aromatic heterocycles. The van der Waals surface area contributed by atoms with Gasteiger partial charge in [0.05, 0.1) is 13.2 Å². The van der Waals surface area contributed by atoms with Crippen LogP contribution in [0.15, 0.2) is 60.7 Å². The molecule has 2 aromatic carbocycles. The van der Waals surface area contributed by atoms with Gasteiger partial charge in [-0.15, -0.1) is 0 Å². The number of hydrogen-bond acceptors (Lipinski definition) is 1. The summed E-state index contributed by atoms with van der Waals surface area (Å²) in [6.07, 6.45) is 7.50. The maximum absolute atomic E-state index is 12.7. The van der Waals surface area contributed by atoms with Crippen LogP contribution in [0.5, 0.6) is 0 Å². The van der Waals surface area contributed by atoms with Crippen molar-refractivity contribution in [2.45, 2.75) is 0 Å². The highest BCUT2D eigenvalue weighted by atomic mass is 19.1. The van der Waals surface area contributed by atoms with E-state index in [4.69, 9.17) is 4.74 Å². The fourth-order valence-corrected chi connectivity index (χ4v) is 1.72. The first-order valence-electron chi connectivity index (χ1n) is 6.66. The van der Waals surface area contributed by atoms with Crippen molar-refractivity contribution in [1.29, 1.82) is 0 Å². The third-order valence-electron chi connectivity index (χ3n) is 2.79. The highest BCUT2D eigenvalue weighted by Gasteiger charge is 1.89. The van der Waals surface area contributed by atoms with Crippen molar-refractivity contribution in [3.63, 3.8) is 0 Å². The Hall–Kier alpha value is -2.26. The predicted octanol–water partition coefficient (Wildman–Crippen LogP) is 4.71. The molecule has 0 amide bonds. The van der Waals surface area contributed by atoms with Gasteiger partial charge in [0.2, 0.25) is 0 Å². The first-order valence-corrected chi connectivity index (χ1v) is 6.66. The average Bonchev–Trinajstić information content (AvgIpc) is 2.50. The molecule has 0 saturated heterocycles. The number of benzene rings is 2. The van der Waals surface area contributed by atoms with Gasteiger partial charge >= 0.3 is 0 Å². The van der Waals surface area contributed by atoms with Gasteiger partial charge in [0.15, 0.2) is 0 Å². The van der Waals surface area contributed by atoms with Crippen molar-refractivity contribution < 1.29 is 13.5 Å². The fourth-order valence-electron chi connectivity index (χ4n) is 1.72. The molecule has 0 radical (unpaired) electrons. The van der Waals surface area contributed by atoms with Crippen molar-refractivity contribution in [3.05, 3.63) is 83.4 Å². The summed E-state index contributed by atoms with van der Waals surface area (Å²) in [6.45, 7) is 0.955.